The van der Waals surface area contributed by atoms with E-state index in [0.717, 1.165) is 64.2 Å². The molecule has 0 rings (SSSR count). The third-order valence-corrected chi connectivity index (χ3v) is 14.1. The lowest BCUT2D eigenvalue weighted by Gasteiger charge is -2.20. The van der Waals surface area contributed by atoms with Crippen molar-refractivity contribution in [3.63, 3.8) is 0 Å². The summed E-state index contributed by atoms with van der Waals surface area (Å²) < 4.78 is 0. The van der Waals surface area contributed by atoms with Gasteiger partial charge in [0.25, 0.3) is 0 Å². The highest BCUT2D eigenvalue weighted by molar-refractivity contribution is 5.76. The average Bonchev–Trinajstić information content (AvgIpc) is 3.37. The van der Waals surface area contributed by atoms with Crippen LogP contribution in [0.3, 0.4) is 0 Å². The summed E-state index contributed by atoms with van der Waals surface area (Å²) in [5.41, 5.74) is 0. The van der Waals surface area contributed by atoms with Crippen LogP contribution in [0.4, 0.5) is 0 Å². The van der Waals surface area contributed by atoms with Crippen molar-refractivity contribution in [1.82, 2.24) is 5.32 Å². The van der Waals surface area contributed by atoms with Crippen LogP contribution in [0.25, 0.3) is 0 Å². The van der Waals surface area contributed by atoms with Crippen molar-refractivity contribution in [1.29, 1.82) is 0 Å². The van der Waals surface area contributed by atoms with Gasteiger partial charge >= 0.3 is 0 Å². The average molecular weight is 989 g/mol. The monoisotopic (exact) mass is 988 g/mol. The van der Waals surface area contributed by atoms with Crippen molar-refractivity contribution in [2.24, 2.45) is 0 Å². The minimum atomic E-state index is -0.841. The van der Waals surface area contributed by atoms with Crippen molar-refractivity contribution in [3.05, 3.63) is 85.1 Å². The molecule has 71 heavy (non-hydrogen) atoms. The van der Waals surface area contributed by atoms with Crippen LogP contribution in [0.2, 0.25) is 0 Å². The van der Waals surface area contributed by atoms with Gasteiger partial charge in [-0.1, -0.05) is 324 Å². The SMILES string of the molecule is CC/C=C\C/C=C\C/C=C\C/C=C\C/C=C\C/C=C\CCCCCCCCCCCCCCCCCCCCCCC(=O)NC(CO)C(O)/C=C/CCCCCCCCCCCCCCCCCCCC. The van der Waals surface area contributed by atoms with Crippen molar-refractivity contribution >= 4 is 5.91 Å². The molecule has 0 aromatic heterocycles. The predicted octanol–water partition coefficient (Wildman–Crippen LogP) is 21.1. The number of hydrogen-bond donors (Lipinski definition) is 3. The van der Waals surface area contributed by atoms with Crippen molar-refractivity contribution in [3.8, 4) is 0 Å². The smallest absolute Gasteiger partial charge is 0.220 e. The van der Waals surface area contributed by atoms with E-state index in [1.807, 2.05) is 6.08 Å². The first-order chi connectivity index (χ1) is 35.2. The van der Waals surface area contributed by atoms with Gasteiger partial charge in [0.2, 0.25) is 5.91 Å². The summed E-state index contributed by atoms with van der Waals surface area (Å²) in [7, 11) is 0. The molecule has 2 unspecified atom stereocenters. The number of unbranched alkanes of at least 4 members (excludes halogenated alkanes) is 38. The molecule has 0 aliphatic carbocycles. The molecule has 0 bridgehead atoms. The number of carbonyl (C=O) groups excluding carboxylic acids is 1. The first kappa shape index (κ1) is 68.6. The second kappa shape index (κ2) is 61.9. The van der Waals surface area contributed by atoms with Gasteiger partial charge < -0.3 is 15.5 Å². The van der Waals surface area contributed by atoms with Crippen LogP contribution in [0.5, 0.6) is 0 Å². The Morgan fingerprint density at radius 1 is 0.352 bits per heavy atom. The third-order valence-electron chi connectivity index (χ3n) is 14.1. The van der Waals surface area contributed by atoms with E-state index in [1.165, 1.54) is 231 Å². The zero-order chi connectivity index (χ0) is 51.3. The molecule has 0 radical (unpaired) electrons. The standard InChI is InChI=1S/C67H121NO3/c1-3-5-7-9-11-13-15-17-19-21-23-25-26-27-28-29-30-31-32-33-34-35-36-37-38-39-40-41-42-43-45-47-49-51-53-55-57-59-61-63-67(71)68-65(64-69)66(70)62-60-58-56-54-52-50-48-46-44-24-22-20-18-16-14-12-10-8-6-4-2/h5,7,11,13,17,19,23,25,27-28,30-31,60,62,65-66,69-70H,3-4,6,8-10,12,14-16,18,20-22,24,26,29,32-59,61,63-64H2,1-2H3,(H,68,71)/b7-5-,13-11-,19-17-,25-23-,28-27-,31-30-,62-60+. The number of allylic oxidation sites excluding steroid dienone is 13. The van der Waals surface area contributed by atoms with E-state index in [-0.39, 0.29) is 12.5 Å². The summed E-state index contributed by atoms with van der Waals surface area (Å²) in [6, 6.07) is -0.624. The van der Waals surface area contributed by atoms with Gasteiger partial charge in [-0.25, -0.2) is 0 Å². The minimum Gasteiger partial charge on any atom is -0.394 e. The van der Waals surface area contributed by atoms with Crippen LogP contribution in [0, 0.1) is 0 Å². The molecule has 4 nitrogen and oxygen atoms in total. The molecule has 3 N–H and O–H groups in total. The van der Waals surface area contributed by atoms with Crippen LogP contribution in [0.15, 0.2) is 85.1 Å². The van der Waals surface area contributed by atoms with Crippen LogP contribution in [-0.2, 0) is 4.79 Å². The molecule has 1 amide bonds. The van der Waals surface area contributed by atoms with Crippen molar-refractivity contribution in [2.45, 2.75) is 328 Å². The van der Waals surface area contributed by atoms with Crippen molar-refractivity contribution in [2.75, 3.05) is 6.61 Å². The Kier molecular flexibility index (Phi) is 59.8. The Morgan fingerprint density at radius 3 is 0.930 bits per heavy atom. The number of rotatable bonds is 57. The van der Waals surface area contributed by atoms with E-state index in [9.17, 15) is 15.0 Å². The zero-order valence-corrected chi connectivity index (χ0v) is 47.5. The molecule has 0 heterocycles. The lowest BCUT2D eigenvalue weighted by atomic mass is 10.0. The molecule has 0 saturated heterocycles. The first-order valence-electron chi connectivity index (χ1n) is 31.3. The van der Waals surface area contributed by atoms with Crippen LogP contribution in [-0.4, -0.2) is 34.9 Å². The molecule has 412 valence electrons. The largest absolute Gasteiger partial charge is 0.394 e. The van der Waals surface area contributed by atoms with Crippen LogP contribution < -0.4 is 5.32 Å². The summed E-state index contributed by atoms with van der Waals surface area (Å²) in [6.07, 6.45) is 90.6. The highest BCUT2D eigenvalue weighted by Gasteiger charge is 2.18. The Labute approximate surface area is 443 Å². The third kappa shape index (κ3) is 58.3. The minimum absolute atomic E-state index is 0.0605. The second-order valence-electron chi connectivity index (χ2n) is 21.1. The number of aliphatic hydroxyl groups is 2. The maximum Gasteiger partial charge on any atom is 0.220 e. The summed E-state index contributed by atoms with van der Waals surface area (Å²) in [4.78, 5) is 12.5. The molecule has 2 atom stereocenters. The number of amides is 1. The number of hydrogen-bond acceptors (Lipinski definition) is 3. The summed E-state index contributed by atoms with van der Waals surface area (Å²) in [6.45, 7) is 4.22. The highest BCUT2D eigenvalue weighted by Crippen LogP contribution is 2.17. The molecule has 0 aliphatic heterocycles. The molecule has 0 saturated carbocycles. The molecule has 0 aromatic carbocycles. The summed E-state index contributed by atoms with van der Waals surface area (Å²) >= 11 is 0. The van der Waals surface area contributed by atoms with Gasteiger partial charge in [0.05, 0.1) is 18.8 Å². The Balaban J connectivity index is 3.46. The molecule has 0 fully saturated rings. The molecular formula is C67H121NO3. The zero-order valence-electron chi connectivity index (χ0n) is 47.5. The number of aliphatic hydroxyl groups excluding tert-OH is 2. The molecule has 0 aliphatic rings. The summed E-state index contributed by atoms with van der Waals surface area (Å²) in [5.74, 6) is -0.0605. The molecular weight excluding hydrogens is 867 g/mol. The molecule has 0 aromatic rings. The van der Waals surface area contributed by atoms with Crippen LogP contribution in [0.1, 0.15) is 316 Å². The Morgan fingerprint density at radius 2 is 0.620 bits per heavy atom. The lowest BCUT2D eigenvalue weighted by Crippen LogP contribution is -2.45. The first-order valence-corrected chi connectivity index (χ1v) is 31.3. The lowest BCUT2D eigenvalue weighted by molar-refractivity contribution is -0.123. The normalized spacial score (nSPS) is 13.4. The Bertz CT molecular complexity index is 1260. The van der Waals surface area contributed by atoms with E-state index in [1.54, 1.807) is 6.08 Å². The highest BCUT2D eigenvalue weighted by atomic mass is 16.3. The van der Waals surface area contributed by atoms with Gasteiger partial charge in [0.1, 0.15) is 0 Å². The van der Waals surface area contributed by atoms with E-state index in [4.69, 9.17) is 0 Å². The topological polar surface area (TPSA) is 69.6 Å². The fourth-order valence-electron chi connectivity index (χ4n) is 9.42. The van der Waals surface area contributed by atoms with Crippen LogP contribution >= 0.6 is 0 Å². The Hall–Kier alpha value is -2.43. The van der Waals surface area contributed by atoms with Gasteiger partial charge in [-0.2, -0.15) is 0 Å². The van der Waals surface area contributed by atoms with E-state index < -0.39 is 12.1 Å². The van der Waals surface area contributed by atoms with Gasteiger partial charge in [-0.3, -0.25) is 4.79 Å². The fourth-order valence-corrected chi connectivity index (χ4v) is 9.42. The van der Waals surface area contributed by atoms with Gasteiger partial charge in [-0.05, 0) is 70.6 Å². The van der Waals surface area contributed by atoms with E-state index >= 15 is 0 Å². The fraction of sp³-hybridized carbons (Fsp3) is 0.776. The van der Waals surface area contributed by atoms with Gasteiger partial charge in [0.15, 0.2) is 0 Å². The maximum atomic E-state index is 12.5. The summed E-state index contributed by atoms with van der Waals surface area (Å²) in [5, 5.41) is 23.2. The quantitative estimate of drug-likeness (QED) is 0.0420. The molecule has 0 spiro atoms. The van der Waals surface area contributed by atoms with Crippen molar-refractivity contribution < 1.29 is 15.0 Å². The van der Waals surface area contributed by atoms with E-state index in [0.29, 0.717) is 6.42 Å². The van der Waals surface area contributed by atoms with Gasteiger partial charge in [-0.15, -0.1) is 0 Å². The maximum absolute atomic E-state index is 12.5. The molecule has 4 heteroatoms. The number of nitrogens with one attached hydrogen (secondary N) is 1. The number of carbonyl (C=O) groups is 1. The van der Waals surface area contributed by atoms with Gasteiger partial charge in [0, 0.05) is 6.42 Å². The van der Waals surface area contributed by atoms with E-state index in [2.05, 4.69) is 92.1 Å². The second-order valence-corrected chi connectivity index (χ2v) is 21.1. The predicted molar refractivity (Wildman–Crippen MR) is 317 cm³/mol.